The Balaban J connectivity index is 2.28. The van der Waals surface area contributed by atoms with Crippen LogP contribution in [0.3, 0.4) is 0 Å². The first-order chi connectivity index (χ1) is 7.67. The third kappa shape index (κ3) is 3.83. The van der Waals surface area contributed by atoms with Gasteiger partial charge in [-0.3, -0.25) is 0 Å². The Labute approximate surface area is 96.2 Å². The van der Waals surface area contributed by atoms with Gasteiger partial charge in [0.25, 0.3) is 0 Å². The summed E-state index contributed by atoms with van der Waals surface area (Å²) in [4.78, 5) is 11.4. The molecule has 5 nitrogen and oxygen atoms in total. The summed E-state index contributed by atoms with van der Waals surface area (Å²) in [5.41, 5.74) is 1.03. The average Bonchev–Trinajstić information content (AvgIpc) is 2.73. The molecule has 1 heterocycles. The van der Waals surface area contributed by atoms with Gasteiger partial charge in [0.15, 0.2) is 0 Å². The molecule has 1 aliphatic rings. The smallest absolute Gasteiger partial charge is 0.407 e. The molecule has 1 saturated heterocycles. The Morgan fingerprint density at radius 1 is 1.56 bits per heavy atom. The van der Waals surface area contributed by atoms with Crippen molar-refractivity contribution in [1.82, 2.24) is 10.6 Å². The van der Waals surface area contributed by atoms with Crippen LogP contribution in [0.25, 0.3) is 0 Å². The molecule has 0 radical (unpaired) electrons. The van der Waals surface area contributed by atoms with Gasteiger partial charge < -0.3 is 20.1 Å². The number of nitrogens with one attached hydrogen (secondary N) is 2. The SMILES string of the molecule is C/C=C(\C)COC(=O)N[C@@H]1CNC[C@H]1OC. The summed E-state index contributed by atoms with van der Waals surface area (Å²) in [7, 11) is 1.64. The lowest BCUT2D eigenvalue weighted by atomic mass is 10.2. The minimum absolute atomic E-state index is 0.0107. The number of hydrogen-bond donors (Lipinski definition) is 2. The van der Waals surface area contributed by atoms with E-state index in [-0.39, 0.29) is 12.1 Å². The zero-order valence-electron chi connectivity index (χ0n) is 10.1. The maximum Gasteiger partial charge on any atom is 0.407 e. The van der Waals surface area contributed by atoms with Crippen LogP contribution in [0.4, 0.5) is 4.79 Å². The van der Waals surface area contributed by atoms with Gasteiger partial charge in [-0.25, -0.2) is 4.79 Å². The van der Waals surface area contributed by atoms with E-state index >= 15 is 0 Å². The molecular weight excluding hydrogens is 208 g/mol. The van der Waals surface area contributed by atoms with Crippen molar-refractivity contribution < 1.29 is 14.3 Å². The first kappa shape index (κ1) is 13.0. The number of rotatable bonds is 4. The van der Waals surface area contributed by atoms with Gasteiger partial charge in [0.2, 0.25) is 0 Å². The molecule has 1 rings (SSSR count). The van der Waals surface area contributed by atoms with Crippen LogP contribution in [-0.4, -0.2) is 45.0 Å². The van der Waals surface area contributed by atoms with E-state index < -0.39 is 6.09 Å². The molecule has 0 spiro atoms. The summed E-state index contributed by atoms with van der Waals surface area (Å²) in [6.45, 7) is 5.65. The molecule has 92 valence electrons. The number of alkyl carbamates (subject to hydrolysis) is 1. The van der Waals surface area contributed by atoms with Crippen LogP contribution in [0.1, 0.15) is 13.8 Å². The molecule has 0 bridgehead atoms. The molecule has 0 saturated carbocycles. The van der Waals surface area contributed by atoms with Crippen LogP contribution in [0, 0.1) is 0 Å². The third-order valence-electron chi connectivity index (χ3n) is 2.69. The Morgan fingerprint density at radius 2 is 2.31 bits per heavy atom. The first-order valence-electron chi connectivity index (χ1n) is 5.46. The number of carbonyl (C=O) groups excluding carboxylic acids is 1. The van der Waals surface area contributed by atoms with E-state index in [4.69, 9.17) is 9.47 Å². The topological polar surface area (TPSA) is 59.6 Å². The molecule has 0 aromatic rings. The summed E-state index contributed by atoms with van der Waals surface area (Å²) in [6.07, 6.45) is 1.55. The minimum Gasteiger partial charge on any atom is -0.445 e. The lowest BCUT2D eigenvalue weighted by molar-refractivity contribution is 0.0893. The highest BCUT2D eigenvalue weighted by Crippen LogP contribution is 2.04. The van der Waals surface area contributed by atoms with Crippen molar-refractivity contribution in [2.24, 2.45) is 0 Å². The molecule has 1 aliphatic heterocycles. The fourth-order valence-electron chi connectivity index (χ4n) is 1.50. The molecular formula is C11H20N2O3. The van der Waals surface area contributed by atoms with E-state index in [0.717, 1.165) is 18.7 Å². The molecule has 0 unspecified atom stereocenters. The lowest BCUT2D eigenvalue weighted by Gasteiger charge is -2.18. The third-order valence-corrected chi connectivity index (χ3v) is 2.69. The quantitative estimate of drug-likeness (QED) is 0.694. The van der Waals surface area contributed by atoms with Crippen LogP contribution in [0.2, 0.25) is 0 Å². The molecule has 1 amide bonds. The summed E-state index contributed by atoms with van der Waals surface area (Å²) < 4.78 is 10.3. The van der Waals surface area contributed by atoms with Crippen molar-refractivity contribution in [2.45, 2.75) is 26.0 Å². The fourth-order valence-corrected chi connectivity index (χ4v) is 1.50. The van der Waals surface area contributed by atoms with Crippen LogP contribution in [0.15, 0.2) is 11.6 Å². The van der Waals surface area contributed by atoms with Crippen molar-refractivity contribution in [2.75, 3.05) is 26.8 Å². The first-order valence-corrected chi connectivity index (χ1v) is 5.46. The van der Waals surface area contributed by atoms with Gasteiger partial charge in [0.1, 0.15) is 6.61 Å². The Hall–Kier alpha value is -1.07. The number of allylic oxidation sites excluding steroid dienone is 1. The molecule has 2 N–H and O–H groups in total. The highest BCUT2D eigenvalue weighted by molar-refractivity contribution is 5.68. The molecule has 0 aromatic heterocycles. The van der Waals surface area contributed by atoms with E-state index in [9.17, 15) is 4.79 Å². The highest BCUT2D eigenvalue weighted by atomic mass is 16.5. The van der Waals surface area contributed by atoms with Crippen molar-refractivity contribution in [3.63, 3.8) is 0 Å². The predicted molar refractivity (Wildman–Crippen MR) is 61.4 cm³/mol. The van der Waals surface area contributed by atoms with Crippen LogP contribution in [0.5, 0.6) is 0 Å². The minimum atomic E-state index is -0.392. The van der Waals surface area contributed by atoms with Crippen molar-refractivity contribution >= 4 is 6.09 Å². The Bertz CT molecular complexity index is 266. The second-order valence-electron chi connectivity index (χ2n) is 3.89. The molecule has 1 fully saturated rings. The second kappa shape index (κ2) is 6.50. The maximum atomic E-state index is 11.4. The maximum absolute atomic E-state index is 11.4. The summed E-state index contributed by atoms with van der Waals surface area (Å²) in [6, 6.07) is -0.0107. The molecule has 2 atom stereocenters. The van der Waals surface area contributed by atoms with E-state index in [2.05, 4.69) is 10.6 Å². The van der Waals surface area contributed by atoms with Gasteiger partial charge in [-0.05, 0) is 19.4 Å². The van der Waals surface area contributed by atoms with Crippen molar-refractivity contribution in [3.05, 3.63) is 11.6 Å². The van der Waals surface area contributed by atoms with E-state index in [1.165, 1.54) is 0 Å². The second-order valence-corrected chi connectivity index (χ2v) is 3.89. The predicted octanol–water partition coefficient (Wildman–Crippen LogP) is 0.666. The van der Waals surface area contributed by atoms with Crippen molar-refractivity contribution in [3.8, 4) is 0 Å². The highest BCUT2D eigenvalue weighted by Gasteiger charge is 2.28. The number of amides is 1. The number of carbonyl (C=O) groups is 1. The monoisotopic (exact) mass is 228 g/mol. The molecule has 16 heavy (non-hydrogen) atoms. The number of ether oxygens (including phenoxy) is 2. The van der Waals surface area contributed by atoms with Gasteiger partial charge in [-0.2, -0.15) is 0 Å². The summed E-state index contributed by atoms with van der Waals surface area (Å²) >= 11 is 0. The lowest BCUT2D eigenvalue weighted by Crippen LogP contribution is -2.43. The zero-order valence-corrected chi connectivity index (χ0v) is 10.1. The fraction of sp³-hybridized carbons (Fsp3) is 0.727. The Morgan fingerprint density at radius 3 is 2.94 bits per heavy atom. The largest absolute Gasteiger partial charge is 0.445 e. The molecule has 0 aliphatic carbocycles. The van der Waals surface area contributed by atoms with Crippen LogP contribution >= 0.6 is 0 Å². The van der Waals surface area contributed by atoms with Gasteiger partial charge >= 0.3 is 6.09 Å². The summed E-state index contributed by atoms with van der Waals surface area (Å²) in [5.74, 6) is 0. The molecule has 0 aromatic carbocycles. The zero-order chi connectivity index (χ0) is 12.0. The standard InChI is InChI=1S/C11H20N2O3/c1-4-8(2)7-16-11(14)13-9-5-12-6-10(9)15-3/h4,9-10,12H,5-7H2,1-3H3,(H,13,14)/b8-4+/t9-,10-/m1/s1. The normalized spacial score (nSPS) is 25.6. The van der Waals surface area contributed by atoms with Gasteiger partial charge in [0, 0.05) is 20.2 Å². The van der Waals surface area contributed by atoms with Crippen molar-refractivity contribution in [1.29, 1.82) is 0 Å². The number of methoxy groups -OCH3 is 1. The van der Waals surface area contributed by atoms with Crippen LogP contribution in [-0.2, 0) is 9.47 Å². The van der Waals surface area contributed by atoms with Gasteiger partial charge in [-0.15, -0.1) is 0 Å². The van der Waals surface area contributed by atoms with E-state index in [0.29, 0.717) is 6.61 Å². The average molecular weight is 228 g/mol. The van der Waals surface area contributed by atoms with Crippen LogP contribution < -0.4 is 10.6 Å². The van der Waals surface area contributed by atoms with Gasteiger partial charge in [0.05, 0.1) is 12.1 Å². The van der Waals surface area contributed by atoms with Gasteiger partial charge in [-0.1, -0.05) is 6.08 Å². The van der Waals surface area contributed by atoms with E-state index in [1.807, 2.05) is 19.9 Å². The Kier molecular flexibility index (Phi) is 5.28. The van der Waals surface area contributed by atoms with E-state index in [1.54, 1.807) is 7.11 Å². The summed E-state index contributed by atoms with van der Waals surface area (Å²) in [5, 5.41) is 5.93. The molecule has 5 heteroatoms. The number of hydrogen-bond acceptors (Lipinski definition) is 4.